The average molecular weight is 704 g/mol. The minimum atomic E-state index is -1.65. The monoisotopic (exact) mass is 703 g/mol. The summed E-state index contributed by atoms with van der Waals surface area (Å²) in [6, 6.07) is 31.0. The number of anilines is 2. The van der Waals surface area contributed by atoms with E-state index >= 15 is 4.39 Å². The first-order valence-corrected chi connectivity index (χ1v) is 17.4. The van der Waals surface area contributed by atoms with Gasteiger partial charge < -0.3 is 24.8 Å². The van der Waals surface area contributed by atoms with E-state index in [1.165, 1.54) is 0 Å². The maximum atomic E-state index is 16.2. The van der Waals surface area contributed by atoms with Crippen LogP contribution < -0.4 is 15.0 Å². The minimum absolute atomic E-state index is 0.233. The van der Waals surface area contributed by atoms with Crippen LogP contribution in [0.15, 0.2) is 109 Å². The third kappa shape index (κ3) is 6.46. The van der Waals surface area contributed by atoms with E-state index in [0.29, 0.717) is 41.2 Å². The van der Waals surface area contributed by atoms with Crippen LogP contribution in [0.4, 0.5) is 15.8 Å². The number of benzene rings is 4. The average Bonchev–Trinajstić information content (AvgIpc) is 3.82. The third-order valence-electron chi connectivity index (χ3n) is 10.4. The first-order chi connectivity index (χ1) is 25.0. The zero-order valence-electron chi connectivity index (χ0n) is 29.6. The second-order valence-corrected chi connectivity index (χ2v) is 14.1. The maximum Gasteiger partial charge on any atom is 0.264 e. The second kappa shape index (κ2) is 14.0. The summed E-state index contributed by atoms with van der Waals surface area (Å²) in [7, 11) is 1.57. The Morgan fingerprint density at radius 2 is 1.71 bits per heavy atom. The maximum absolute atomic E-state index is 16.2. The lowest BCUT2D eigenvalue weighted by Gasteiger charge is -2.32. The molecule has 1 saturated heterocycles. The normalized spacial score (nSPS) is 21.7. The van der Waals surface area contributed by atoms with Gasteiger partial charge in [-0.2, -0.15) is 0 Å². The standard InChI is InChI=1S/C41H42FN5O5/c1-26-36(40(2,3)42)35(22-23-46-25-33(44-45-46)37(48)28-10-6-5-7-11-28)52-41(26)32-12-8-9-13-34(32)47(39(41)50)24-27-14-18-30(19-15-27)43-38(49)29-16-20-31(51-4)21-17-29/h5-21,25-26,35-37,48H,22-24H2,1-4H3,(H,43,49)/t26-,35+,36-,37+,41+/m0/s1. The molecule has 3 heterocycles. The molecular weight excluding hydrogens is 661 g/mol. The van der Waals surface area contributed by atoms with Crippen molar-refractivity contribution in [1.29, 1.82) is 0 Å². The molecule has 1 spiro atoms. The van der Waals surface area contributed by atoms with Gasteiger partial charge in [0.1, 0.15) is 23.2 Å². The summed E-state index contributed by atoms with van der Waals surface area (Å²) in [5.41, 5.74) is 1.51. The number of aryl methyl sites for hydroxylation is 1. The highest BCUT2D eigenvalue weighted by atomic mass is 19.1. The van der Waals surface area contributed by atoms with E-state index in [2.05, 4.69) is 15.6 Å². The number of para-hydroxylation sites is 1. The number of fused-ring (bicyclic) bond motifs is 2. The Labute approximate surface area is 302 Å². The summed E-state index contributed by atoms with van der Waals surface area (Å²) >= 11 is 0. The lowest BCUT2D eigenvalue weighted by molar-refractivity contribution is -0.146. The number of aliphatic hydroxyl groups excluding tert-OH is 1. The van der Waals surface area contributed by atoms with Crippen molar-refractivity contribution in [3.63, 3.8) is 0 Å². The van der Waals surface area contributed by atoms with Crippen LogP contribution in [-0.2, 0) is 28.2 Å². The summed E-state index contributed by atoms with van der Waals surface area (Å²) in [5, 5.41) is 22.1. The molecule has 0 unspecified atom stereocenters. The van der Waals surface area contributed by atoms with Crippen molar-refractivity contribution >= 4 is 23.2 Å². The lowest BCUT2D eigenvalue weighted by atomic mass is 9.71. The fourth-order valence-corrected chi connectivity index (χ4v) is 7.86. The molecule has 2 aliphatic heterocycles. The number of nitrogens with zero attached hydrogens (tertiary/aromatic N) is 4. The van der Waals surface area contributed by atoms with Gasteiger partial charge in [0.2, 0.25) is 0 Å². The van der Waals surface area contributed by atoms with Crippen LogP contribution in [0.2, 0.25) is 0 Å². The van der Waals surface area contributed by atoms with Crippen molar-refractivity contribution in [2.45, 2.75) is 63.8 Å². The van der Waals surface area contributed by atoms with E-state index in [9.17, 15) is 14.7 Å². The number of carbonyl (C=O) groups is 2. The zero-order chi connectivity index (χ0) is 36.6. The van der Waals surface area contributed by atoms with E-state index in [-0.39, 0.29) is 18.4 Å². The molecule has 1 aromatic heterocycles. The number of aromatic nitrogens is 3. The molecule has 1 fully saturated rings. The van der Waals surface area contributed by atoms with Crippen LogP contribution in [0.3, 0.4) is 0 Å². The minimum Gasteiger partial charge on any atom is -0.497 e. The highest BCUT2D eigenvalue weighted by Gasteiger charge is 2.66. The number of nitrogens with one attached hydrogen (secondary N) is 1. The fourth-order valence-electron chi connectivity index (χ4n) is 7.86. The molecule has 11 heteroatoms. The molecule has 2 aliphatic rings. The Bertz CT molecular complexity index is 2050. The summed E-state index contributed by atoms with van der Waals surface area (Å²) in [6.45, 7) is 5.63. The van der Waals surface area contributed by atoms with Crippen molar-refractivity contribution in [3.8, 4) is 5.75 Å². The van der Waals surface area contributed by atoms with Gasteiger partial charge in [-0.05, 0) is 73.9 Å². The van der Waals surface area contributed by atoms with Crippen molar-refractivity contribution in [3.05, 3.63) is 137 Å². The van der Waals surface area contributed by atoms with Gasteiger partial charge in [0.25, 0.3) is 11.8 Å². The van der Waals surface area contributed by atoms with Gasteiger partial charge in [0.15, 0.2) is 5.60 Å². The van der Waals surface area contributed by atoms with Gasteiger partial charge in [-0.3, -0.25) is 14.3 Å². The van der Waals surface area contributed by atoms with E-state index < -0.39 is 35.3 Å². The number of amides is 2. The first kappa shape index (κ1) is 35.0. The van der Waals surface area contributed by atoms with Crippen LogP contribution in [0.1, 0.15) is 66.0 Å². The van der Waals surface area contributed by atoms with E-state index in [0.717, 1.165) is 16.8 Å². The van der Waals surface area contributed by atoms with Gasteiger partial charge in [0, 0.05) is 35.2 Å². The predicted octanol–water partition coefficient (Wildman–Crippen LogP) is 6.85. The number of aliphatic hydroxyl groups is 1. The highest BCUT2D eigenvalue weighted by Crippen LogP contribution is 2.58. The topological polar surface area (TPSA) is 119 Å². The van der Waals surface area contributed by atoms with Gasteiger partial charge in [-0.25, -0.2) is 4.39 Å². The highest BCUT2D eigenvalue weighted by molar-refractivity contribution is 6.07. The van der Waals surface area contributed by atoms with Crippen LogP contribution in [0.25, 0.3) is 0 Å². The molecule has 0 saturated carbocycles. The molecule has 5 atom stereocenters. The van der Waals surface area contributed by atoms with E-state index in [4.69, 9.17) is 9.47 Å². The van der Waals surface area contributed by atoms with Gasteiger partial charge in [-0.1, -0.05) is 72.8 Å². The molecule has 268 valence electrons. The molecule has 0 bridgehead atoms. The smallest absolute Gasteiger partial charge is 0.264 e. The molecule has 0 radical (unpaired) electrons. The molecule has 5 aromatic rings. The summed E-state index contributed by atoms with van der Waals surface area (Å²) < 4.78 is 29.8. The molecule has 10 nitrogen and oxygen atoms in total. The van der Waals surface area contributed by atoms with E-state index in [1.807, 2.05) is 73.7 Å². The molecule has 2 N–H and O–H groups in total. The zero-order valence-corrected chi connectivity index (χ0v) is 29.6. The number of alkyl halides is 1. The number of methoxy groups -OCH3 is 1. The van der Waals surface area contributed by atoms with Crippen LogP contribution in [-0.4, -0.2) is 50.8 Å². The molecule has 2 amide bonds. The van der Waals surface area contributed by atoms with E-state index in [1.54, 1.807) is 73.1 Å². The van der Waals surface area contributed by atoms with Crippen molar-refractivity contribution in [2.24, 2.45) is 11.8 Å². The van der Waals surface area contributed by atoms with Gasteiger partial charge in [-0.15, -0.1) is 5.10 Å². The Morgan fingerprint density at radius 3 is 2.40 bits per heavy atom. The Balaban J connectivity index is 1.09. The Hall–Kier alpha value is -5.39. The Morgan fingerprint density at radius 1 is 1.02 bits per heavy atom. The first-order valence-electron chi connectivity index (χ1n) is 17.4. The molecule has 52 heavy (non-hydrogen) atoms. The number of hydrogen-bond donors (Lipinski definition) is 2. The number of ether oxygens (including phenoxy) is 2. The molecule has 0 aliphatic carbocycles. The summed E-state index contributed by atoms with van der Waals surface area (Å²) in [4.78, 5) is 29.2. The molecule has 7 rings (SSSR count). The van der Waals surface area contributed by atoms with Crippen molar-refractivity contribution < 1.29 is 28.6 Å². The lowest BCUT2D eigenvalue weighted by Crippen LogP contribution is -2.45. The Kier molecular flexibility index (Phi) is 9.41. The summed E-state index contributed by atoms with van der Waals surface area (Å²) in [5.74, 6) is -0.904. The number of hydrogen-bond acceptors (Lipinski definition) is 7. The molecule has 4 aromatic carbocycles. The largest absolute Gasteiger partial charge is 0.497 e. The fraction of sp³-hybridized carbons (Fsp3) is 0.317. The van der Waals surface area contributed by atoms with Gasteiger partial charge >= 0.3 is 0 Å². The quantitative estimate of drug-likeness (QED) is 0.155. The van der Waals surface area contributed by atoms with Crippen molar-refractivity contribution in [2.75, 3.05) is 17.3 Å². The van der Waals surface area contributed by atoms with Crippen LogP contribution >= 0.6 is 0 Å². The van der Waals surface area contributed by atoms with Crippen LogP contribution in [0.5, 0.6) is 5.75 Å². The van der Waals surface area contributed by atoms with Crippen molar-refractivity contribution in [1.82, 2.24) is 15.0 Å². The SMILES string of the molecule is COc1ccc(C(=O)Nc2ccc(CN3C(=O)[C@]4(O[C@H](CCn5cc([C@H](O)c6ccccc6)nn5)[C@@H](C(C)(C)F)[C@@H]4C)c4ccccc43)cc2)cc1. The molecular formula is C41H42FN5O5. The summed E-state index contributed by atoms with van der Waals surface area (Å²) in [6.07, 6.45) is 0.543. The number of carbonyl (C=O) groups excluding carboxylic acids is 2. The number of rotatable bonds is 11. The van der Waals surface area contributed by atoms with Gasteiger partial charge in [0.05, 0.1) is 31.6 Å². The van der Waals surface area contributed by atoms with Crippen LogP contribution in [0, 0.1) is 11.8 Å². The second-order valence-electron chi connectivity index (χ2n) is 14.1. The third-order valence-corrected chi connectivity index (χ3v) is 10.4. The predicted molar refractivity (Wildman–Crippen MR) is 195 cm³/mol. The number of halogens is 1.